The zero-order valence-electron chi connectivity index (χ0n) is 11.2. The van der Waals surface area contributed by atoms with Crippen LogP contribution in [0.25, 0.3) is 10.9 Å². The van der Waals surface area contributed by atoms with Crippen LogP contribution in [0.1, 0.15) is 19.4 Å². The average molecular weight is 259 g/mol. The van der Waals surface area contributed by atoms with Crippen molar-refractivity contribution in [3.63, 3.8) is 0 Å². The second-order valence-corrected chi connectivity index (χ2v) is 4.90. The van der Waals surface area contributed by atoms with Gasteiger partial charge in [-0.05, 0) is 24.5 Å². The van der Waals surface area contributed by atoms with Crippen molar-refractivity contribution in [2.24, 2.45) is 5.92 Å². The number of hydrogen-bond donors (Lipinski definition) is 2. The Morgan fingerprint density at radius 3 is 2.68 bits per heavy atom. The fraction of sp³-hybridized carbons (Fsp3) is 0.357. The number of anilines is 1. The molecule has 1 heterocycles. The molecule has 0 aliphatic carbocycles. The summed E-state index contributed by atoms with van der Waals surface area (Å²) in [5.41, 5.74) is 1.88. The summed E-state index contributed by atoms with van der Waals surface area (Å²) in [5, 5.41) is 13.1. The van der Waals surface area contributed by atoms with Gasteiger partial charge < -0.3 is 10.4 Å². The molecule has 2 aromatic rings. The third-order valence-electron chi connectivity index (χ3n) is 3.09. The van der Waals surface area contributed by atoms with Gasteiger partial charge in [-0.25, -0.2) is 14.8 Å². The smallest absolute Gasteiger partial charge is 0.326 e. The molecule has 0 amide bonds. The third kappa shape index (κ3) is 2.65. The zero-order chi connectivity index (χ0) is 14.0. The van der Waals surface area contributed by atoms with Crippen LogP contribution in [0.2, 0.25) is 0 Å². The number of para-hydroxylation sites is 1. The zero-order valence-corrected chi connectivity index (χ0v) is 11.2. The lowest BCUT2D eigenvalue weighted by molar-refractivity contribution is -0.138. The third-order valence-corrected chi connectivity index (χ3v) is 3.09. The highest BCUT2D eigenvalue weighted by atomic mass is 16.4. The lowest BCUT2D eigenvalue weighted by atomic mass is 10.0. The maximum atomic E-state index is 11.2. The van der Waals surface area contributed by atoms with Gasteiger partial charge in [0.15, 0.2) is 0 Å². The second-order valence-electron chi connectivity index (χ2n) is 4.90. The van der Waals surface area contributed by atoms with Crippen molar-refractivity contribution in [2.45, 2.75) is 26.8 Å². The van der Waals surface area contributed by atoms with E-state index in [-0.39, 0.29) is 5.92 Å². The molecule has 19 heavy (non-hydrogen) atoms. The summed E-state index contributed by atoms with van der Waals surface area (Å²) in [6.07, 6.45) is 1.46. The Labute approximate surface area is 111 Å². The topological polar surface area (TPSA) is 75.1 Å². The molecule has 100 valence electrons. The van der Waals surface area contributed by atoms with Gasteiger partial charge in [-0.1, -0.05) is 26.0 Å². The molecular weight excluding hydrogens is 242 g/mol. The molecule has 2 rings (SSSR count). The number of carbonyl (C=O) groups is 1. The number of hydrogen-bond acceptors (Lipinski definition) is 4. The molecule has 5 nitrogen and oxygen atoms in total. The Kier molecular flexibility index (Phi) is 3.64. The summed E-state index contributed by atoms with van der Waals surface area (Å²) < 4.78 is 0. The molecule has 1 aromatic carbocycles. The molecule has 0 saturated carbocycles. The predicted molar refractivity (Wildman–Crippen MR) is 74.2 cm³/mol. The van der Waals surface area contributed by atoms with E-state index in [1.165, 1.54) is 6.33 Å². The highest BCUT2D eigenvalue weighted by Gasteiger charge is 2.22. The quantitative estimate of drug-likeness (QED) is 0.882. The lowest BCUT2D eigenvalue weighted by Gasteiger charge is -2.19. The number of aliphatic carboxylic acids is 1. The van der Waals surface area contributed by atoms with Crippen molar-refractivity contribution in [2.75, 3.05) is 5.32 Å². The van der Waals surface area contributed by atoms with E-state index in [1.807, 2.05) is 39.0 Å². The van der Waals surface area contributed by atoms with Gasteiger partial charge in [0, 0.05) is 5.39 Å². The van der Waals surface area contributed by atoms with Crippen molar-refractivity contribution >= 4 is 22.7 Å². The van der Waals surface area contributed by atoms with E-state index in [2.05, 4.69) is 15.3 Å². The molecule has 2 N–H and O–H groups in total. The summed E-state index contributed by atoms with van der Waals surface area (Å²) in [7, 11) is 0. The van der Waals surface area contributed by atoms with Gasteiger partial charge in [0.1, 0.15) is 18.2 Å². The maximum absolute atomic E-state index is 11.2. The van der Waals surface area contributed by atoms with Gasteiger partial charge in [-0.3, -0.25) is 0 Å². The molecule has 1 atom stereocenters. The van der Waals surface area contributed by atoms with Crippen molar-refractivity contribution in [3.8, 4) is 0 Å². The van der Waals surface area contributed by atoms with E-state index in [0.29, 0.717) is 5.82 Å². The van der Waals surface area contributed by atoms with Crippen molar-refractivity contribution in [3.05, 3.63) is 30.1 Å². The number of benzene rings is 1. The van der Waals surface area contributed by atoms with Crippen LogP contribution in [0.15, 0.2) is 24.5 Å². The van der Waals surface area contributed by atoms with Crippen LogP contribution in [0, 0.1) is 12.8 Å². The number of rotatable bonds is 4. The van der Waals surface area contributed by atoms with E-state index in [0.717, 1.165) is 16.5 Å². The molecule has 5 heteroatoms. The van der Waals surface area contributed by atoms with Gasteiger partial charge in [0.05, 0.1) is 5.52 Å². The first-order valence-electron chi connectivity index (χ1n) is 6.20. The van der Waals surface area contributed by atoms with Crippen molar-refractivity contribution in [1.82, 2.24) is 9.97 Å². The average Bonchev–Trinajstić information content (AvgIpc) is 2.36. The fourth-order valence-corrected chi connectivity index (χ4v) is 2.01. The molecule has 0 saturated heterocycles. The van der Waals surface area contributed by atoms with Crippen LogP contribution in [0.5, 0.6) is 0 Å². The highest BCUT2D eigenvalue weighted by molar-refractivity contribution is 5.92. The molecule has 0 bridgehead atoms. The number of carboxylic acid groups (broad SMARTS) is 1. The minimum Gasteiger partial charge on any atom is -0.480 e. The van der Waals surface area contributed by atoms with Gasteiger partial charge >= 0.3 is 5.97 Å². The molecule has 0 aliphatic rings. The van der Waals surface area contributed by atoms with Crippen LogP contribution in [0.4, 0.5) is 5.82 Å². The first kappa shape index (κ1) is 13.3. The molecular formula is C14H17N3O2. The monoisotopic (exact) mass is 259 g/mol. The first-order chi connectivity index (χ1) is 9.00. The summed E-state index contributed by atoms with van der Waals surface area (Å²) >= 11 is 0. The molecule has 0 aliphatic heterocycles. The highest BCUT2D eigenvalue weighted by Crippen LogP contribution is 2.23. The lowest BCUT2D eigenvalue weighted by Crippen LogP contribution is -2.34. The number of carboxylic acids is 1. The van der Waals surface area contributed by atoms with E-state index in [4.69, 9.17) is 0 Å². The van der Waals surface area contributed by atoms with Crippen molar-refractivity contribution < 1.29 is 9.90 Å². The normalized spacial score (nSPS) is 12.6. The Hall–Kier alpha value is -2.17. The minimum absolute atomic E-state index is 0.0349. The van der Waals surface area contributed by atoms with Crippen LogP contribution in [-0.4, -0.2) is 27.1 Å². The number of aromatic nitrogens is 2. The molecule has 0 radical (unpaired) electrons. The van der Waals surface area contributed by atoms with Gasteiger partial charge in [-0.15, -0.1) is 0 Å². The van der Waals surface area contributed by atoms with Crippen LogP contribution >= 0.6 is 0 Å². The van der Waals surface area contributed by atoms with Crippen LogP contribution in [0.3, 0.4) is 0 Å². The second kappa shape index (κ2) is 5.22. The van der Waals surface area contributed by atoms with Crippen LogP contribution < -0.4 is 5.32 Å². The SMILES string of the molecule is Cc1cccc2c(N[C@@H](C(=O)O)C(C)C)ncnc12. The van der Waals surface area contributed by atoms with E-state index < -0.39 is 12.0 Å². The molecule has 0 fully saturated rings. The Bertz CT molecular complexity index is 611. The van der Waals surface area contributed by atoms with Gasteiger partial charge in [0.2, 0.25) is 0 Å². The predicted octanol–water partition coefficient (Wildman–Crippen LogP) is 2.46. The van der Waals surface area contributed by atoms with E-state index in [9.17, 15) is 9.90 Å². The molecule has 1 aromatic heterocycles. The molecule has 0 unspecified atom stereocenters. The Morgan fingerprint density at radius 1 is 1.32 bits per heavy atom. The largest absolute Gasteiger partial charge is 0.480 e. The van der Waals surface area contributed by atoms with Crippen LogP contribution in [-0.2, 0) is 4.79 Å². The Morgan fingerprint density at radius 2 is 2.05 bits per heavy atom. The molecule has 0 spiro atoms. The number of nitrogens with one attached hydrogen (secondary N) is 1. The summed E-state index contributed by atoms with van der Waals surface area (Å²) in [6.45, 7) is 5.69. The standard InChI is InChI=1S/C14H17N3O2/c1-8(2)11(14(18)19)17-13-10-6-4-5-9(3)12(10)15-7-16-13/h4-8,11H,1-3H3,(H,18,19)(H,15,16,17)/t11-/m1/s1. The first-order valence-corrected chi connectivity index (χ1v) is 6.20. The summed E-state index contributed by atoms with van der Waals surface area (Å²) in [5.74, 6) is -0.350. The number of nitrogens with zero attached hydrogens (tertiary/aromatic N) is 2. The summed E-state index contributed by atoms with van der Waals surface area (Å²) in [4.78, 5) is 19.6. The maximum Gasteiger partial charge on any atom is 0.326 e. The summed E-state index contributed by atoms with van der Waals surface area (Å²) in [6, 6.07) is 5.11. The van der Waals surface area contributed by atoms with E-state index >= 15 is 0 Å². The van der Waals surface area contributed by atoms with Gasteiger partial charge in [0.25, 0.3) is 0 Å². The van der Waals surface area contributed by atoms with Gasteiger partial charge in [-0.2, -0.15) is 0 Å². The van der Waals surface area contributed by atoms with E-state index in [1.54, 1.807) is 0 Å². The van der Waals surface area contributed by atoms with Crippen molar-refractivity contribution in [1.29, 1.82) is 0 Å². The fourth-order valence-electron chi connectivity index (χ4n) is 2.01. The minimum atomic E-state index is -0.880. The number of fused-ring (bicyclic) bond motifs is 1. The number of aryl methyl sites for hydroxylation is 1. The Balaban J connectivity index is 2.46.